The Labute approximate surface area is 93.4 Å². The van der Waals surface area contributed by atoms with Crippen LogP contribution in [0.4, 0.5) is 0 Å². The Kier molecular flexibility index (Phi) is 3.07. The third kappa shape index (κ3) is 2.17. The molecule has 14 heavy (non-hydrogen) atoms. The van der Waals surface area contributed by atoms with Gasteiger partial charge in [0, 0.05) is 10.7 Å². The Morgan fingerprint density at radius 3 is 2.29 bits per heavy atom. The van der Waals surface area contributed by atoms with Crippen molar-refractivity contribution < 1.29 is 8.42 Å². The molecule has 1 rings (SSSR count). The van der Waals surface area contributed by atoms with Gasteiger partial charge < -0.3 is 0 Å². The van der Waals surface area contributed by atoms with E-state index in [4.69, 9.17) is 0 Å². The molecule has 0 N–H and O–H groups in total. The number of sulfone groups is 1. The molecule has 1 aromatic carbocycles. The highest BCUT2D eigenvalue weighted by Gasteiger charge is 2.32. The lowest BCUT2D eigenvalue weighted by Crippen LogP contribution is -2.27. The summed E-state index contributed by atoms with van der Waals surface area (Å²) in [5.74, 6) is 0. The molecule has 0 saturated carbocycles. The molecule has 0 aliphatic carbocycles. The van der Waals surface area contributed by atoms with E-state index in [1.807, 2.05) is 24.3 Å². The van der Waals surface area contributed by atoms with Crippen LogP contribution in [0.25, 0.3) is 0 Å². The molecule has 0 aliphatic heterocycles. The number of rotatable bonds is 2. The van der Waals surface area contributed by atoms with E-state index in [0.29, 0.717) is 0 Å². The number of hydrogen-bond acceptors (Lipinski definition) is 2. The molecule has 1 aromatic rings. The maximum atomic E-state index is 11.5. The zero-order valence-electron chi connectivity index (χ0n) is 8.41. The van der Waals surface area contributed by atoms with Gasteiger partial charge in [-0.1, -0.05) is 28.1 Å². The minimum Gasteiger partial charge on any atom is -0.228 e. The highest BCUT2D eigenvalue weighted by atomic mass is 79.9. The van der Waals surface area contributed by atoms with Crippen LogP contribution in [0.2, 0.25) is 0 Å². The standard InChI is InChI=1S/C10H13BrO2S/c1-10(2,14(3,12)13)8-5-4-6-9(11)7-8/h4-7H,1-3H3. The van der Waals surface area contributed by atoms with E-state index in [2.05, 4.69) is 15.9 Å². The van der Waals surface area contributed by atoms with E-state index < -0.39 is 14.6 Å². The maximum Gasteiger partial charge on any atom is 0.156 e. The first-order valence-electron chi connectivity index (χ1n) is 4.21. The zero-order valence-corrected chi connectivity index (χ0v) is 10.8. The molecule has 4 heteroatoms. The quantitative estimate of drug-likeness (QED) is 0.833. The molecule has 2 nitrogen and oxygen atoms in total. The van der Waals surface area contributed by atoms with Crippen LogP contribution in [-0.4, -0.2) is 14.7 Å². The van der Waals surface area contributed by atoms with Crippen molar-refractivity contribution in [3.05, 3.63) is 34.3 Å². The van der Waals surface area contributed by atoms with Gasteiger partial charge in [0.25, 0.3) is 0 Å². The summed E-state index contributed by atoms with van der Waals surface area (Å²) in [7, 11) is -3.09. The summed E-state index contributed by atoms with van der Waals surface area (Å²) in [6, 6.07) is 7.38. The van der Waals surface area contributed by atoms with Crippen molar-refractivity contribution in [2.45, 2.75) is 18.6 Å². The first kappa shape index (κ1) is 11.7. The van der Waals surface area contributed by atoms with Crippen LogP contribution in [-0.2, 0) is 14.6 Å². The van der Waals surface area contributed by atoms with Crippen molar-refractivity contribution in [1.29, 1.82) is 0 Å². The topological polar surface area (TPSA) is 34.1 Å². The SMILES string of the molecule is CC(C)(c1cccc(Br)c1)S(C)(=O)=O. The van der Waals surface area contributed by atoms with Crippen LogP contribution in [0.15, 0.2) is 28.7 Å². The van der Waals surface area contributed by atoms with E-state index in [1.54, 1.807) is 13.8 Å². The Hall–Kier alpha value is -0.350. The Morgan fingerprint density at radius 1 is 1.29 bits per heavy atom. The molecule has 0 amide bonds. The largest absolute Gasteiger partial charge is 0.228 e. The van der Waals surface area contributed by atoms with E-state index in [1.165, 1.54) is 6.26 Å². The van der Waals surface area contributed by atoms with Gasteiger partial charge in [-0.3, -0.25) is 0 Å². The first-order chi connectivity index (χ1) is 6.25. The summed E-state index contributed by atoms with van der Waals surface area (Å²) < 4.78 is 23.2. The molecule has 0 bridgehead atoms. The molecular formula is C10H13BrO2S. The first-order valence-corrected chi connectivity index (χ1v) is 6.89. The molecular weight excluding hydrogens is 264 g/mol. The average Bonchev–Trinajstić information content (AvgIpc) is 2.02. The predicted molar refractivity (Wildman–Crippen MR) is 62.0 cm³/mol. The second kappa shape index (κ2) is 3.66. The molecule has 0 aliphatic rings. The fourth-order valence-corrected chi connectivity index (χ4v) is 2.03. The van der Waals surface area contributed by atoms with Gasteiger partial charge in [0.1, 0.15) is 0 Å². The highest BCUT2D eigenvalue weighted by molar-refractivity contribution is 9.10. The van der Waals surface area contributed by atoms with Crippen LogP contribution < -0.4 is 0 Å². The van der Waals surface area contributed by atoms with Gasteiger partial charge in [-0.15, -0.1) is 0 Å². The zero-order chi connectivity index (χ0) is 11.0. The van der Waals surface area contributed by atoms with Crippen molar-refractivity contribution in [2.24, 2.45) is 0 Å². The van der Waals surface area contributed by atoms with Gasteiger partial charge >= 0.3 is 0 Å². The molecule has 78 valence electrons. The third-order valence-electron chi connectivity index (χ3n) is 2.45. The molecule has 0 atom stereocenters. The van der Waals surface area contributed by atoms with E-state index in [-0.39, 0.29) is 0 Å². The lowest BCUT2D eigenvalue weighted by atomic mass is 10.0. The minimum absolute atomic E-state index is 0.800. The van der Waals surface area contributed by atoms with Crippen molar-refractivity contribution in [2.75, 3.05) is 6.26 Å². The van der Waals surface area contributed by atoms with E-state index in [0.717, 1.165) is 10.0 Å². The monoisotopic (exact) mass is 276 g/mol. The van der Waals surface area contributed by atoms with Crippen molar-refractivity contribution in [3.8, 4) is 0 Å². The Morgan fingerprint density at radius 2 is 1.86 bits per heavy atom. The molecule has 0 heterocycles. The van der Waals surface area contributed by atoms with Gasteiger partial charge in [0.05, 0.1) is 4.75 Å². The fraction of sp³-hybridized carbons (Fsp3) is 0.400. The van der Waals surface area contributed by atoms with E-state index in [9.17, 15) is 8.42 Å². The fourth-order valence-electron chi connectivity index (χ4n) is 1.08. The van der Waals surface area contributed by atoms with Crippen LogP contribution in [0.5, 0.6) is 0 Å². The number of benzene rings is 1. The lowest BCUT2D eigenvalue weighted by molar-refractivity contribution is 0.561. The van der Waals surface area contributed by atoms with Crippen molar-refractivity contribution >= 4 is 25.8 Å². The lowest BCUT2D eigenvalue weighted by Gasteiger charge is -2.23. The van der Waals surface area contributed by atoms with Gasteiger partial charge in [0.2, 0.25) is 0 Å². The second-order valence-electron chi connectivity index (χ2n) is 3.79. The summed E-state index contributed by atoms with van der Waals surface area (Å²) in [5, 5.41) is 0. The Bertz CT molecular complexity index is 435. The van der Waals surface area contributed by atoms with Gasteiger partial charge in [0.15, 0.2) is 9.84 Å². The van der Waals surface area contributed by atoms with Crippen LogP contribution in [0.1, 0.15) is 19.4 Å². The van der Waals surface area contributed by atoms with Gasteiger partial charge in [-0.2, -0.15) is 0 Å². The summed E-state index contributed by atoms with van der Waals surface area (Å²) in [4.78, 5) is 0. The molecule has 0 saturated heterocycles. The predicted octanol–water partition coefficient (Wildman–Crippen LogP) is 2.73. The average molecular weight is 277 g/mol. The van der Waals surface area contributed by atoms with Gasteiger partial charge in [-0.25, -0.2) is 8.42 Å². The second-order valence-corrected chi connectivity index (χ2v) is 7.27. The molecule has 0 aromatic heterocycles. The van der Waals surface area contributed by atoms with Crippen LogP contribution in [0, 0.1) is 0 Å². The molecule has 0 unspecified atom stereocenters. The summed E-state index contributed by atoms with van der Waals surface area (Å²) in [6.07, 6.45) is 1.26. The number of halogens is 1. The molecule has 0 fully saturated rings. The molecule has 0 radical (unpaired) electrons. The maximum absolute atomic E-state index is 11.5. The summed E-state index contributed by atoms with van der Waals surface area (Å²) in [5.41, 5.74) is 0.800. The minimum atomic E-state index is -3.09. The smallest absolute Gasteiger partial charge is 0.156 e. The van der Waals surface area contributed by atoms with Crippen molar-refractivity contribution in [3.63, 3.8) is 0 Å². The Balaban J connectivity index is 3.31. The summed E-state index contributed by atoms with van der Waals surface area (Å²) in [6.45, 7) is 3.42. The summed E-state index contributed by atoms with van der Waals surface area (Å²) >= 11 is 3.33. The van der Waals surface area contributed by atoms with Crippen molar-refractivity contribution in [1.82, 2.24) is 0 Å². The third-order valence-corrected chi connectivity index (χ3v) is 5.03. The van der Waals surface area contributed by atoms with Crippen LogP contribution >= 0.6 is 15.9 Å². The van der Waals surface area contributed by atoms with Gasteiger partial charge in [-0.05, 0) is 31.5 Å². The molecule has 0 spiro atoms. The number of hydrogen-bond donors (Lipinski definition) is 0. The normalized spacial score (nSPS) is 12.9. The highest BCUT2D eigenvalue weighted by Crippen LogP contribution is 2.30. The van der Waals surface area contributed by atoms with Crippen LogP contribution in [0.3, 0.4) is 0 Å². The van der Waals surface area contributed by atoms with E-state index >= 15 is 0 Å².